The van der Waals surface area contributed by atoms with Gasteiger partial charge in [0.15, 0.2) is 5.90 Å². The Hall–Kier alpha value is -1.06. The molecule has 0 saturated heterocycles. The van der Waals surface area contributed by atoms with E-state index in [1.54, 1.807) is 0 Å². The molecule has 1 aliphatic rings. The Morgan fingerprint density at radius 1 is 1.50 bits per heavy atom. The lowest BCUT2D eigenvalue weighted by atomic mass is 9.78. The van der Waals surface area contributed by atoms with Crippen molar-refractivity contribution in [2.24, 2.45) is 28.0 Å². The molecule has 0 saturated carbocycles. The Bertz CT molecular complexity index is 329. The highest BCUT2D eigenvalue weighted by Gasteiger charge is 2.35. The van der Waals surface area contributed by atoms with Gasteiger partial charge in [0.05, 0.1) is 6.04 Å². The number of primary amides is 1. The fraction of sp³-hybridized carbons (Fsp3) is 0.857. The predicted octanol–water partition coefficient (Wildman–Crippen LogP) is 2.37. The first-order valence-electron chi connectivity index (χ1n) is 6.69. The summed E-state index contributed by atoms with van der Waals surface area (Å²) in [5.74, 6) is 0.999. The van der Waals surface area contributed by atoms with Gasteiger partial charge in [-0.3, -0.25) is 4.79 Å². The van der Waals surface area contributed by atoms with Gasteiger partial charge in [-0.15, -0.1) is 0 Å². The molecular weight excluding hydrogens is 228 g/mol. The predicted molar refractivity (Wildman–Crippen MR) is 73.4 cm³/mol. The number of carbonyl (C=O) groups is 1. The van der Waals surface area contributed by atoms with Crippen LogP contribution in [0.15, 0.2) is 4.99 Å². The van der Waals surface area contributed by atoms with E-state index in [0.717, 1.165) is 6.42 Å². The maximum absolute atomic E-state index is 11.2. The van der Waals surface area contributed by atoms with Crippen molar-refractivity contribution in [3.05, 3.63) is 0 Å². The summed E-state index contributed by atoms with van der Waals surface area (Å²) in [4.78, 5) is 15.8. The lowest BCUT2D eigenvalue weighted by molar-refractivity contribution is -0.119. The second-order valence-corrected chi connectivity index (χ2v) is 6.65. The van der Waals surface area contributed by atoms with E-state index in [0.29, 0.717) is 24.8 Å². The van der Waals surface area contributed by atoms with Crippen LogP contribution in [0.2, 0.25) is 0 Å². The molecule has 0 aromatic carbocycles. The van der Waals surface area contributed by atoms with Crippen molar-refractivity contribution in [2.75, 3.05) is 6.61 Å². The van der Waals surface area contributed by atoms with Crippen LogP contribution in [0.3, 0.4) is 0 Å². The van der Waals surface area contributed by atoms with Crippen molar-refractivity contribution in [2.45, 2.75) is 53.5 Å². The summed E-state index contributed by atoms with van der Waals surface area (Å²) in [5.41, 5.74) is 5.25. The first-order valence-corrected chi connectivity index (χ1v) is 6.69. The molecule has 0 unspecified atom stereocenters. The number of carbonyl (C=O) groups excluding carboxylic acids is 1. The van der Waals surface area contributed by atoms with E-state index < -0.39 is 0 Å². The zero-order chi connectivity index (χ0) is 13.9. The molecule has 4 nitrogen and oxygen atoms in total. The minimum Gasteiger partial charge on any atom is -0.478 e. The summed E-state index contributed by atoms with van der Waals surface area (Å²) in [7, 11) is 0. The van der Waals surface area contributed by atoms with E-state index >= 15 is 0 Å². The molecule has 1 amide bonds. The number of amides is 1. The van der Waals surface area contributed by atoms with Gasteiger partial charge in [-0.25, -0.2) is 4.99 Å². The van der Waals surface area contributed by atoms with E-state index in [4.69, 9.17) is 10.5 Å². The van der Waals surface area contributed by atoms with Crippen molar-refractivity contribution in [3.63, 3.8) is 0 Å². The molecular formula is C14H26N2O2. The summed E-state index contributed by atoms with van der Waals surface area (Å²) in [6, 6.07) is 0.234. The molecule has 2 N–H and O–H groups in total. The quantitative estimate of drug-likeness (QED) is 0.818. The van der Waals surface area contributed by atoms with E-state index in [9.17, 15) is 4.79 Å². The van der Waals surface area contributed by atoms with Crippen LogP contribution < -0.4 is 5.73 Å². The van der Waals surface area contributed by atoms with Crippen LogP contribution >= 0.6 is 0 Å². The topological polar surface area (TPSA) is 64.7 Å². The second-order valence-electron chi connectivity index (χ2n) is 6.65. The van der Waals surface area contributed by atoms with E-state index in [1.165, 1.54) is 0 Å². The van der Waals surface area contributed by atoms with Gasteiger partial charge in [-0.05, 0) is 17.8 Å². The normalized spacial score (nSPS) is 21.7. The maximum Gasteiger partial charge on any atom is 0.218 e. The highest BCUT2D eigenvalue weighted by atomic mass is 16.5. The van der Waals surface area contributed by atoms with Gasteiger partial charge >= 0.3 is 0 Å². The largest absolute Gasteiger partial charge is 0.478 e. The first-order chi connectivity index (χ1) is 8.20. The van der Waals surface area contributed by atoms with Crippen LogP contribution in [0.1, 0.15) is 47.5 Å². The Morgan fingerprint density at radius 3 is 2.56 bits per heavy atom. The lowest BCUT2D eigenvalue weighted by Crippen LogP contribution is -2.33. The summed E-state index contributed by atoms with van der Waals surface area (Å²) < 4.78 is 5.70. The van der Waals surface area contributed by atoms with Gasteiger partial charge in [0.25, 0.3) is 0 Å². The third kappa shape index (κ3) is 4.31. The Kier molecular flexibility index (Phi) is 4.77. The standard InChI is InChI=1S/C14H26N2O2/c1-9(2)6-10-8-18-13(16-10)11(7-12(15)17)14(3,4)5/h9-11H,6-8H2,1-5H3,(H2,15,17)/t10-,11-/m1/s1. The van der Waals surface area contributed by atoms with Crippen molar-refractivity contribution in [1.82, 2.24) is 0 Å². The number of nitrogens with two attached hydrogens (primary N) is 1. The molecule has 0 aromatic heterocycles. The van der Waals surface area contributed by atoms with Crippen molar-refractivity contribution >= 4 is 11.8 Å². The fourth-order valence-electron chi connectivity index (χ4n) is 2.26. The van der Waals surface area contributed by atoms with Gasteiger partial charge in [0, 0.05) is 12.3 Å². The number of nitrogens with zero attached hydrogens (tertiary/aromatic N) is 1. The zero-order valence-electron chi connectivity index (χ0n) is 12.2. The van der Waals surface area contributed by atoms with Crippen LogP contribution in [-0.4, -0.2) is 24.5 Å². The molecule has 104 valence electrons. The van der Waals surface area contributed by atoms with Crippen LogP contribution in [0.4, 0.5) is 0 Å². The minimum absolute atomic E-state index is 0.0211. The molecule has 2 atom stereocenters. The third-order valence-corrected chi connectivity index (χ3v) is 3.23. The summed E-state index contributed by atoms with van der Waals surface area (Å²) in [6.45, 7) is 11.3. The Labute approximate surface area is 110 Å². The van der Waals surface area contributed by atoms with Gasteiger partial charge < -0.3 is 10.5 Å². The molecule has 0 radical (unpaired) electrons. The molecule has 1 heterocycles. The van der Waals surface area contributed by atoms with Crippen molar-refractivity contribution < 1.29 is 9.53 Å². The molecule has 18 heavy (non-hydrogen) atoms. The fourth-order valence-corrected chi connectivity index (χ4v) is 2.26. The molecule has 0 spiro atoms. The molecule has 0 aromatic rings. The maximum atomic E-state index is 11.2. The highest BCUT2D eigenvalue weighted by Crippen LogP contribution is 2.32. The van der Waals surface area contributed by atoms with E-state index in [2.05, 4.69) is 39.6 Å². The second kappa shape index (κ2) is 5.72. The van der Waals surface area contributed by atoms with Crippen LogP contribution in [0.25, 0.3) is 0 Å². The third-order valence-electron chi connectivity index (χ3n) is 3.23. The van der Waals surface area contributed by atoms with Gasteiger partial charge in [0.2, 0.25) is 5.91 Å². The smallest absolute Gasteiger partial charge is 0.218 e. The molecule has 0 bridgehead atoms. The summed E-state index contributed by atoms with van der Waals surface area (Å²) >= 11 is 0. The highest BCUT2D eigenvalue weighted by molar-refractivity contribution is 5.86. The Balaban J connectivity index is 2.78. The van der Waals surface area contributed by atoms with Crippen LogP contribution in [0, 0.1) is 17.3 Å². The van der Waals surface area contributed by atoms with Gasteiger partial charge in [0.1, 0.15) is 6.61 Å². The molecule has 0 fully saturated rings. The number of rotatable bonds is 5. The van der Waals surface area contributed by atoms with Crippen LogP contribution in [0.5, 0.6) is 0 Å². The summed E-state index contributed by atoms with van der Waals surface area (Å²) in [5, 5.41) is 0. The average Bonchev–Trinajstić information content (AvgIpc) is 2.59. The van der Waals surface area contributed by atoms with Crippen LogP contribution in [-0.2, 0) is 9.53 Å². The van der Waals surface area contributed by atoms with Crippen molar-refractivity contribution in [3.8, 4) is 0 Å². The van der Waals surface area contributed by atoms with E-state index in [-0.39, 0.29) is 23.3 Å². The van der Waals surface area contributed by atoms with Crippen molar-refractivity contribution in [1.29, 1.82) is 0 Å². The lowest BCUT2D eigenvalue weighted by Gasteiger charge is -2.28. The minimum atomic E-state index is -0.298. The number of ether oxygens (including phenoxy) is 1. The number of hydrogen-bond donors (Lipinski definition) is 1. The van der Waals surface area contributed by atoms with Gasteiger partial charge in [-0.1, -0.05) is 34.6 Å². The van der Waals surface area contributed by atoms with Gasteiger partial charge in [-0.2, -0.15) is 0 Å². The van der Waals surface area contributed by atoms with E-state index in [1.807, 2.05) is 0 Å². The summed E-state index contributed by atoms with van der Waals surface area (Å²) in [6.07, 6.45) is 1.33. The zero-order valence-corrected chi connectivity index (χ0v) is 12.2. The number of aliphatic imine (C=N–C) groups is 1. The molecule has 0 aliphatic carbocycles. The monoisotopic (exact) mass is 254 g/mol. The SMILES string of the molecule is CC(C)C[C@@H]1COC([C@@H](CC(N)=O)C(C)(C)C)=N1. The molecule has 1 rings (SSSR count). The Morgan fingerprint density at radius 2 is 2.11 bits per heavy atom. The average molecular weight is 254 g/mol. The number of hydrogen-bond acceptors (Lipinski definition) is 3. The first kappa shape index (κ1) is 15.0. The molecule has 1 aliphatic heterocycles. The molecule has 4 heteroatoms.